The van der Waals surface area contributed by atoms with Gasteiger partial charge in [0.2, 0.25) is 0 Å². The fourth-order valence-corrected chi connectivity index (χ4v) is 2.29. The van der Waals surface area contributed by atoms with Gasteiger partial charge in [0.15, 0.2) is 10.8 Å². The van der Waals surface area contributed by atoms with Crippen molar-refractivity contribution in [2.45, 2.75) is 19.9 Å². The van der Waals surface area contributed by atoms with Crippen molar-refractivity contribution in [3.8, 4) is 0 Å². The summed E-state index contributed by atoms with van der Waals surface area (Å²) in [6, 6.07) is 7.03. The van der Waals surface area contributed by atoms with E-state index in [1.165, 1.54) is 9.80 Å². The third kappa shape index (κ3) is 2.77. The summed E-state index contributed by atoms with van der Waals surface area (Å²) >= 11 is 11.0. The zero-order chi connectivity index (χ0) is 14.0. The number of amides is 2. The summed E-state index contributed by atoms with van der Waals surface area (Å²) in [6.07, 6.45) is 0.797. The van der Waals surface area contributed by atoms with Gasteiger partial charge in [0.25, 0.3) is 0 Å². The highest BCUT2D eigenvalue weighted by Gasteiger charge is 2.37. The molecule has 0 radical (unpaired) electrons. The minimum absolute atomic E-state index is 0.121. The van der Waals surface area contributed by atoms with E-state index >= 15 is 0 Å². The molecule has 100 valence electrons. The second kappa shape index (κ2) is 5.67. The fraction of sp³-hybridized carbons (Fsp3) is 0.308. The Labute approximate surface area is 122 Å². The van der Waals surface area contributed by atoms with E-state index in [4.69, 9.17) is 29.2 Å². The summed E-state index contributed by atoms with van der Waals surface area (Å²) in [4.78, 5) is 15.3. The lowest BCUT2D eigenvalue weighted by molar-refractivity contribution is 0.204. The van der Waals surface area contributed by atoms with Crippen molar-refractivity contribution >= 4 is 40.7 Å². The zero-order valence-corrected chi connectivity index (χ0v) is 12.1. The van der Waals surface area contributed by atoms with Gasteiger partial charge in [-0.05, 0) is 24.1 Å². The van der Waals surface area contributed by atoms with Crippen LogP contribution in [0.1, 0.15) is 18.9 Å². The highest BCUT2D eigenvalue weighted by molar-refractivity contribution is 7.82. The van der Waals surface area contributed by atoms with Crippen molar-refractivity contribution in [2.24, 2.45) is 0 Å². The first-order chi connectivity index (χ1) is 9.04. The lowest BCUT2D eigenvalue weighted by Crippen LogP contribution is -2.33. The van der Waals surface area contributed by atoms with Crippen LogP contribution in [0.5, 0.6) is 0 Å². The number of rotatable bonds is 4. The third-order valence-electron chi connectivity index (χ3n) is 2.88. The van der Waals surface area contributed by atoms with Crippen LogP contribution in [-0.4, -0.2) is 33.2 Å². The second-order valence-electron chi connectivity index (χ2n) is 4.30. The predicted octanol–water partition coefficient (Wildman–Crippen LogP) is 3.29. The lowest BCUT2D eigenvalue weighted by Gasteiger charge is -2.16. The van der Waals surface area contributed by atoms with E-state index in [0.29, 0.717) is 18.1 Å². The Hall–Kier alpha value is -1.46. The normalized spacial score (nSPS) is 15.6. The highest BCUT2D eigenvalue weighted by Crippen LogP contribution is 2.18. The van der Waals surface area contributed by atoms with Gasteiger partial charge in [-0.25, -0.2) is 4.79 Å². The maximum atomic E-state index is 12.2. The number of urea groups is 1. The molecule has 1 N–H and O–H groups in total. The molecule has 6 heteroatoms. The number of halogens is 1. The summed E-state index contributed by atoms with van der Waals surface area (Å²) in [7, 11) is 0. The number of hydrogen-bond donors (Lipinski definition) is 1. The van der Waals surface area contributed by atoms with Crippen molar-refractivity contribution in [2.75, 3.05) is 6.54 Å². The molecule has 0 bridgehead atoms. The van der Waals surface area contributed by atoms with Gasteiger partial charge in [-0.1, -0.05) is 42.9 Å². The molecule has 4 nitrogen and oxygen atoms in total. The van der Waals surface area contributed by atoms with Gasteiger partial charge in [-0.3, -0.25) is 15.2 Å². The molecule has 0 saturated carbocycles. The molecule has 1 aromatic carbocycles. The average molecular weight is 296 g/mol. The number of benzene rings is 1. The lowest BCUT2D eigenvalue weighted by atomic mass is 10.2. The molecule has 2 rings (SSSR count). The minimum Gasteiger partial charge on any atom is -0.282 e. The van der Waals surface area contributed by atoms with Crippen LogP contribution in [0.2, 0.25) is 5.02 Å². The zero-order valence-electron chi connectivity index (χ0n) is 10.5. The van der Waals surface area contributed by atoms with E-state index in [9.17, 15) is 4.79 Å². The maximum absolute atomic E-state index is 12.2. The molecule has 2 amide bonds. The monoisotopic (exact) mass is 295 g/mol. The standard InChI is InChI=1S/C13H14ClN3OS/c1-2-7-16-11(15)12(19)17(13(16)18)8-9-3-5-10(14)6-4-9/h3-6,15H,2,7-8H2,1H3. The Morgan fingerprint density at radius 3 is 2.47 bits per heavy atom. The van der Waals surface area contributed by atoms with Crippen molar-refractivity contribution in [1.82, 2.24) is 9.80 Å². The van der Waals surface area contributed by atoms with Crippen molar-refractivity contribution in [1.29, 1.82) is 5.41 Å². The molecule has 0 unspecified atom stereocenters. The second-order valence-corrected chi connectivity index (χ2v) is 5.12. The largest absolute Gasteiger partial charge is 0.331 e. The van der Waals surface area contributed by atoms with Crippen LogP contribution in [0.4, 0.5) is 4.79 Å². The van der Waals surface area contributed by atoms with Gasteiger partial charge in [-0.2, -0.15) is 0 Å². The molecule has 1 saturated heterocycles. The fourth-order valence-electron chi connectivity index (χ4n) is 1.91. The van der Waals surface area contributed by atoms with Crippen LogP contribution >= 0.6 is 23.8 Å². The van der Waals surface area contributed by atoms with E-state index in [-0.39, 0.29) is 16.9 Å². The number of nitrogens with one attached hydrogen (secondary N) is 1. The van der Waals surface area contributed by atoms with E-state index in [1.54, 1.807) is 12.1 Å². The molecule has 1 heterocycles. The topological polar surface area (TPSA) is 47.4 Å². The third-order valence-corrected chi connectivity index (χ3v) is 3.55. The van der Waals surface area contributed by atoms with Gasteiger partial charge >= 0.3 is 6.03 Å². The molecule has 19 heavy (non-hydrogen) atoms. The smallest absolute Gasteiger partial charge is 0.282 e. The van der Waals surface area contributed by atoms with Crippen LogP contribution in [0, 0.1) is 5.41 Å². The summed E-state index contributed by atoms with van der Waals surface area (Å²) in [5.41, 5.74) is 0.936. The van der Waals surface area contributed by atoms with E-state index in [2.05, 4.69) is 0 Å². The molecule has 0 atom stereocenters. The maximum Gasteiger partial charge on any atom is 0.331 e. The van der Waals surface area contributed by atoms with Crippen LogP contribution in [0.3, 0.4) is 0 Å². The molecule has 0 aliphatic carbocycles. The van der Waals surface area contributed by atoms with Crippen molar-refractivity contribution in [3.63, 3.8) is 0 Å². The SMILES string of the molecule is CCCN1C(=N)C(=S)N(Cc2ccc(Cl)cc2)C1=O. The molecule has 1 aliphatic heterocycles. The number of nitrogens with zero attached hydrogens (tertiary/aromatic N) is 2. The van der Waals surface area contributed by atoms with Gasteiger partial charge in [-0.15, -0.1) is 0 Å². The Morgan fingerprint density at radius 1 is 1.26 bits per heavy atom. The van der Waals surface area contributed by atoms with Crippen molar-refractivity contribution in [3.05, 3.63) is 34.9 Å². The van der Waals surface area contributed by atoms with E-state index in [0.717, 1.165) is 12.0 Å². The quantitative estimate of drug-likeness (QED) is 0.867. The molecular weight excluding hydrogens is 282 g/mol. The molecule has 1 aromatic rings. The van der Waals surface area contributed by atoms with Crippen LogP contribution in [0.25, 0.3) is 0 Å². The van der Waals surface area contributed by atoms with E-state index < -0.39 is 0 Å². The molecule has 1 fully saturated rings. The number of hydrogen-bond acceptors (Lipinski definition) is 3. The summed E-state index contributed by atoms with van der Waals surface area (Å²) in [5.74, 6) is 0.121. The average Bonchev–Trinajstić information content (AvgIpc) is 2.59. The summed E-state index contributed by atoms with van der Waals surface area (Å²) < 4.78 is 0. The van der Waals surface area contributed by atoms with Gasteiger partial charge in [0.05, 0.1) is 6.54 Å². The first-order valence-electron chi connectivity index (χ1n) is 6.01. The summed E-state index contributed by atoms with van der Waals surface area (Å²) in [6.45, 7) is 2.86. The Kier molecular flexibility index (Phi) is 4.17. The molecule has 0 spiro atoms. The first-order valence-corrected chi connectivity index (χ1v) is 6.79. The predicted molar refractivity (Wildman–Crippen MR) is 79.7 cm³/mol. The van der Waals surface area contributed by atoms with Gasteiger partial charge in [0, 0.05) is 11.6 Å². The molecule has 1 aliphatic rings. The number of carbonyl (C=O) groups is 1. The number of carbonyl (C=O) groups excluding carboxylic acids is 1. The van der Waals surface area contributed by atoms with Gasteiger partial charge < -0.3 is 0 Å². The molecule has 0 aromatic heterocycles. The Morgan fingerprint density at radius 2 is 1.89 bits per heavy atom. The molecular formula is C13H14ClN3OS. The number of thiocarbonyl (C=S) groups is 1. The Balaban J connectivity index is 2.16. The number of amidine groups is 1. The van der Waals surface area contributed by atoms with Crippen LogP contribution in [0.15, 0.2) is 24.3 Å². The van der Waals surface area contributed by atoms with Crippen LogP contribution in [-0.2, 0) is 6.54 Å². The van der Waals surface area contributed by atoms with Crippen LogP contribution < -0.4 is 0 Å². The summed E-state index contributed by atoms with van der Waals surface area (Å²) in [5, 5.41) is 8.53. The Bertz CT molecular complexity index is 529. The van der Waals surface area contributed by atoms with Gasteiger partial charge in [0.1, 0.15) is 0 Å². The first kappa shape index (κ1) is 14.0. The minimum atomic E-state index is -0.216. The van der Waals surface area contributed by atoms with E-state index in [1.807, 2.05) is 19.1 Å². The van der Waals surface area contributed by atoms with Crippen molar-refractivity contribution < 1.29 is 4.79 Å². The highest BCUT2D eigenvalue weighted by atomic mass is 35.5.